The first-order chi connectivity index (χ1) is 7.27. The Hall–Kier alpha value is -1.15. The molecule has 0 saturated carbocycles. The predicted octanol–water partition coefficient (Wildman–Crippen LogP) is 3.07. The van der Waals surface area contributed by atoms with Crippen LogP contribution >= 0.6 is 0 Å². The predicted molar refractivity (Wildman–Crippen MR) is 61.1 cm³/mol. The van der Waals surface area contributed by atoms with E-state index in [0.717, 1.165) is 18.4 Å². The Morgan fingerprint density at radius 1 is 1.33 bits per heavy atom. The Labute approximate surface area is 91.3 Å². The van der Waals surface area contributed by atoms with Crippen molar-refractivity contribution in [2.24, 2.45) is 0 Å². The number of ether oxygens (including phenoxy) is 1. The minimum absolute atomic E-state index is 0.200. The summed E-state index contributed by atoms with van der Waals surface area (Å²) in [5.74, 6) is 0.200. The molecular formula is C13H18O2. The molecule has 0 N–H and O–H groups in total. The molecule has 82 valence electrons. The van der Waals surface area contributed by atoms with E-state index in [0.29, 0.717) is 6.42 Å². The number of carbonyl (C=O) groups excluding carboxylic acids is 1. The number of ketones is 1. The summed E-state index contributed by atoms with van der Waals surface area (Å²) in [5.41, 5.74) is 0.795. The third kappa shape index (κ3) is 3.84. The summed E-state index contributed by atoms with van der Waals surface area (Å²) in [4.78, 5) is 11.7. The molecule has 0 heterocycles. The molecule has 0 fully saturated rings. The highest BCUT2D eigenvalue weighted by atomic mass is 16.5. The van der Waals surface area contributed by atoms with Crippen molar-refractivity contribution in [3.8, 4) is 0 Å². The summed E-state index contributed by atoms with van der Waals surface area (Å²) in [5, 5.41) is 0. The molecule has 1 rings (SSSR count). The van der Waals surface area contributed by atoms with Crippen molar-refractivity contribution in [2.45, 2.75) is 32.3 Å². The van der Waals surface area contributed by atoms with Gasteiger partial charge in [0.15, 0.2) is 5.78 Å². The van der Waals surface area contributed by atoms with Gasteiger partial charge in [0.05, 0.1) is 6.10 Å². The number of benzene rings is 1. The van der Waals surface area contributed by atoms with Gasteiger partial charge in [-0.05, 0) is 12.8 Å². The molecule has 0 aliphatic rings. The van der Waals surface area contributed by atoms with Crippen LogP contribution in [0.5, 0.6) is 0 Å². The van der Waals surface area contributed by atoms with E-state index in [1.165, 1.54) is 0 Å². The van der Waals surface area contributed by atoms with Gasteiger partial charge in [0, 0.05) is 19.1 Å². The van der Waals surface area contributed by atoms with E-state index in [2.05, 4.69) is 6.92 Å². The van der Waals surface area contributed by atoms with Crippen LogP contribution in [0.1, 0.15) is 36.5 Å². The highest BCUT2D eigenvalue weighted by Gasteiger charge is 2.09. The zero-order valence-electron chi connectivity index (χ0n) is 9.40. The third-order valence-corrected chi connectivity index (χ3v) is 2.58. The lowest BCUT2D eigenvalue weighted by atomic mass is 10.0. The molecule has 2 heteroatoms. The van der Waals surface area contributed by atoms with E-state index in [-0.39, 0.29) is 11.9 Å². The summed E-state index contributed by atoms with van der Waals surface area (Å²) in [6, 6.07) is 9.41. The largest absolute Gasteiger partial charge is 0.381 e. The monoisotopic (exact) mass is 206 g/mol. The van der Waals surface area contributed by atoms with Gasteiger partial charge < -0.3 is 4.74 Å². The topological polar surface area (TPSA) is 26.3 Å². The first-order valence-electron chi connectivity index (χ1n) is 5.39. The zero-order chi connectivity index (χ0) is 11.1. The molecule has 15 heavy (non-hydrogen) atoms. The number of rotatable bonds is 6. The van der Waals surface area contributed by atoms with Gasteiger partial charge in [0.2, 0.25) is 0 Å². The standard InChI is InChI=1S/C13H18O2/c1-3-12(15-2)9-10-13(14)11-7-5-4-6-8-11/h4-8,12H,3,9-10H2,1-2H3. The van der Waals surface area contributed by atoms with Crippen LogP contribution in [-0.4, -0.2) is 19.0 Å². The molecule has 0 aliphatic carbocycles. The molecule has 0 aromatic heterocycles. The second-order valence-electron chi connectivity index (χ2n) is 3.59. The van der Waals surface area contributed by atoms with Crippen LogP contribution in [0.3, 0.4) is 0 Å². The van der Waals surface area contributed by atoms with Crippen LogP contribution in [0.25, 0.3) is 0 Å². The number of hydrogen-bond acceptors (Lipinski definition) is 2. The third-order valence-electron chi connectivity index (χ3n) is 2.58. The average Bonchev–Trinajstić information content (AvgIpc) is 2.31. The smallest absolute Gasteiger partial charge is 0.162 e. The lowest BCUT2D eigenvalue weighted by molar-refractivity contribution is 0.0798. The van der Waals surface area contributed by atoms with Crippen LogP contribution in [0, 0.1) is 0 Å². The Balaban J connectivity index is 2.43. The summed E-state index contributed by atoms with van der Waals surface area (Å²) in [7, 11) is 1.70. The lowest BCUT2D eigenvalue weighted by Gasteiger charge is -2.11. The van der Waals surface area contributed by atoms with Gasteiger partial charge in [0.25, 0.3) is 0 Å². The van der Waals surface area contributed by atoms with E-state index >= 15 is 0 Å². The van der Waals surface area contributed by atoms with Crippen LogP contribution < -0.4 is 0 Å². The summed E-state index contributed by atoms with van der Waals surface area (Å²) in [6.45, 7) is 2.07. The summed E-state index contributed by atoms with van der Waals surface area (Å²) < 4.78 is 5.23. The highest BCUT2D eigenvalue weighted by Crippen LogP contribution is 2.10. The van der Waals surface area contributed by atoms with Crippen LogP contribution in [-0.2, 0) is 4.74 Å². The molecule has 0 aliphatic heterocycles. The minimum Gasteiger partial charge on any atom is -0.381 e. The second-order valence-corrected chi connectivity index (χ2v) is 3.59. The maximum Gasteiger partial charge on any atom is 0.162 e. The molecule has 0 bridgehead atoms. The minimum atomic E-state index is 0.200. The number of hydrogen-bond donors (Lipinski definition) is 0. The zero-order valence-corrected chi connectivity index (χ0v) is 9.40. The Bertz CT molecular complexity index is 289. The van der Waals surface area contributed by atoms with Gasteiger partial charge in [-0.2, -0.15) is 0 Å². The fourth-order valence-corrected chi connectivity index (χ4v) is 1.55. The average molecular weight is 206 g/mol. The molecule has 1 unspecified atom stereocenters. The second kappa shape index (κ2) is 6.36. The van der Waals surface area contributed by atoms with Crippen molar-refractivity contribution in [3.63, 3.8) is 0 Å². The first kappa shape index (κ1) is 11.9. The number of Topliss-reactive ketones (excluding diaryl/α,β-unsaturated/α-hetero) is 1. The van der Waals surface area contributed by atoms with Crippen molar-refractivity contribution in [2.75, 3.05) is 7.11 Å². The van der Waals surface area contributed by atoms with Crippen molar-refractivity contribution < 1.29 is 9.53 Å². The maximum absolute atomic E-state index is 11.7. The van der Waals surface area contributed by atoms with E-state index in [1.807, 2.05) is 30.3 Å². The first-order valence-corrected chi connectivity index (χ1v) is 5.39. The van der Waals surface area contributed by atoms with E-state index in [1.54, 1.807) is 7.11 Å². The fourth-order valence-electron chi connectivity index (χ4n) is 1.55. The van der Waals surface area contributed by atoms with Gasteiger partial charge in [-0.25, -0.2) is 0 Å². The molecule has 1 aromatic rings. The normalized spacial score (nSPS) is 12.4. The van der Waals surface area contributed by atoms with E-state index in [4.69, 9.17) is 4.74 Å². The van der Waals surface area contributed by atoms with Crippen molar-refractivity contribution in [3.05, 3.63) is 35.9 Å². The summed E-state index contributed by atoms with van der Waals surface area (Å²) in [6.07, 6.45) is 2.54. The molecule has 1 atom stereocenters. The van der Waals surface area contributed by atoms with Gasteiger partial charge >= 0.3 is 0 Å². The Morgan fingerprint density at radius 2 is 2.00 bits per heavy atom. The van der Waals surface area contributed by atoms with E-state index < -0.39 is 0 Å². The number of carbonyl (C=O) groups is 1. The van der Waals surface area contributed by atoms with Crippen LogP contribution in [0.2, 0.25) is 0 Å². The number of methoxy groups -OCH3 is 1. The van der Waals surface area contributed by atoms with Gasteiger partial charge in [-0.3, -0.25) is 4.79 Å². The quantitative estimate of drug-likeness (QED) is 0.669. The van der Waals surface area contributed by atoms with Crippen LogP contribution in [0.4, 0.5) is 0 Å². The molecular weight excluding hydrogens is 188 g/mol. The molecule has 0 radical (unpaired) electrons. The van der Waals surface area contributed by atoms with Crippen molar-refractivity contribution in [1.29, 1.82) is 0 Å². The SMILES string of the molecule is CCC(CCC(=O)c1ccccc1)OC. The molecule has 2 nitrogen and oxygen atoms in total. The lowest BCUT2D eigenvalue weighted by Crippen LogP contribution is -2.11. The van der Waals surface area contributed by atoms with Gasteiger partial charge in [0.1, 0.15) is 0 Å². The maximum atomic E-state index is 11.7. The van der Waals surface area contributed by atoms with Gasteiger partial charge in [-0.1, -0.05) is 37.3 Å². The molecule has 0 amide bonds. The summed E-state index contributed by atoms with van der Waals surface area (Å²) >= 11 is 0. The fraction of sp³-hybridized carbons (Fsp3) is 0.462. The highest BCUT2D eigenvalue weighted by molar-refractivity contribution is 5.95. The Morgan fingerprint density at radius 3 is 2.53 bits per heavy atom. The van der Waals surface area contributed by atoms with Crippen molar-refractivity contribution in [1.82, 2.24) is 0 Å². The Kier molecular flexibility index (Phi) is 5.05. The molecule has 0 spiro atoms. The van der Waals surface area contributed by atoms with Crippen molar-refractivity contribution >= 4 is 5.78 Å². The molecule has 1 aromatic carbocycles. The van der Waals surface area contributed by atoms with Gasteiger partial charge in [-0.15, -0.1) is 0 Å². The van der Waals surface area contributed by atoms with E-state index in [9.17, 15) is 4.79 Å². The van der Waals surface area contributed by atoms with Crippen LogP contribution in [0.15, 0.2) is 30.3 Å². The molecule has 0 saturated heterocycles.